The predicted octanol–water partition coefficient (Wildman–Crippen LogP) is 4.19. The number of β-lactam (4-membered cyclic amide) rings is 1. The molecule has 4 nitrogen and oxygen atoms in total. The Morgan fingerprint density at radius 1 is 0.821 bits per heavy atom. The summed E-state index contributed by atoms with van der Waals surface area (Å²) >= 11 is 0. The number of nitrogens with zero attached hydrogens (tertiary/aromatic N) is 1. The number of carbonyl (C=O) groups is 2. The first-order valence-corrected chi connectivity index (χ1v) is 9.37. The van der Waals surface area contributed by atoms with E-state index in [1.165, 1.54) is 0 Å². The number of rotatable bonds is 4. The molecular weight excluding hydrogens is 348 g/mol. The second-order valence-corrected chi connectivity index (χ2v) is 7.22. The van der Waals surface area contributed by atoms with Crippen molar-refractivity contribution in [2.75, 3.05) is 4.90 Å². The van der Waals surface area contributed by atoms with E-state index in [4.69, 9.17) is 0 Å². The van der Waals surface area contributed by atoms with Crippen LogP contribution in [0.5, 0.6) is 0 Å². The molecular formula is C24H22N2O2. The molecule has 3 aromatic rings. The van der Waals surface area contributed by atoms with Crippen molar-refractivity contribution in [1.29, 1.82) is 0 Å². The van der Waals surface area contributed by atoms with Gasteiger partial charge in [-0.25, -0.2) is 0 Å². The molecule has 4 heteroatoms. The van der Waals surface area contributed by atoms with Crippen LogP contribution in [-0.4, -0.2) is 17.9 Å². The first-order valence-electron chi connectivity index (χ1n) is 9.37. The van der Waals surface area contributed by atoms with E-state index in [1.807, 2.05) is 80.6 Å². The van der Waals surface area contributed by atoms with E-state index in [1.54, 1.807) is 17.0 Å². The molecule has 2 atom stereocenters. The van der Waals surface area contributed by atoms with Gasteiger partial charge in [0.2, 0.25) is 0 Å². The van der Waals surface area contributed by atoms with Gasteiger partial charge in [0, 0.05) is 11.3 Å². The van der Waals surface area contributed by atoms with E-state index < -0.39 is 6.04 Å². The molecule has 0 bridgehead atoms. The molecule has 1 saturated heterocycles. The average molecular weight is 370 g/mol. The zero-order valence-electron chi connectivity index (χ0n) is 15.9. The third kappa shape index (κ3) is 3.29. The predicted molar refractivity (Wildman–Crippen MR) is 110 cm³/mol. The van der Waals surface area contributed by atoms with Crippen LogP contribution < -0.4 is 10.2 Å². The summed E-state index contributed by atoms with van der Waals surface area (Å²) in [5.74, 6) is -0.335. The molecule has 1 heterocycles. The molecule has 0 radical (unpaired) electrons. The molecule has 0 saturated carbocycles. The molecule has 28 heavy (non-hydrogen) atoms. The maximum absolute atomic E-state index is 13.0. The van der Waals surface area contributed by atoms with Crippen molar-refractivity contribution in [1.82, 2.24) is 5.32 Å². The number of hydrogen-bond donors (Lipinski definition) is 1. The highest BCUT2D eigenvalue weighted by Crippen LogP contribution is 2.39. The lowest BCUT2D eigenvalue weighted by molar-refractivity contribution is -0.127. The first kappa shape index (κ1) is 18.0. The molecule has 0 aromatic heterocycles. The summed E-state index contributed by atoms with van der Waals surface area (Å²) < 4.78 is 0. The zero-order valence-corrected chi connectivity index (χ0v) is 15.9. The van der Waals surface area contributed by atoms with E-state index in [0.29, 0.717) is 5.56 Å². The molecule has 2 amide bonds. The fourth-order valence-corrected chi connectivity index (χ4v) is 3.54. The van der Waals surface area contributed by atoms with Gasteiger partial charge in [-0.3, -0.25) is 9.59 Å². The third-order valence-electron chi connectivity index (χ3n) is 5.15. The van der Waals surface area contributed by atoms with Crippen LogP contribution in [0.4, 0.5) is 5.69 Å². The lowest BCUT2D eigenvalue weighted by Gasteiger charge is -2.47. The maximum atomic E-state index is 13.0. The van der Waals surface area contributed by atoms with Gasteiger partial charge in [0.05, 0.1) is 6.04 Å². The molecule has 1 aliphatic rings. The van der Waals surface area contributed by atoms with Crippen molar-refractivity contribution in [3.8, 4) is 0 Å². The number of benzene rings is 3. The maximum Gasteiger partial charge on any atom is 0.252 e. The van der Waals surface area contributed by atoms with Gasteiger partial charge in [0.25, 0.3) is 11.8 Å². The van der Waals surface area contributed by atoms with Crippen LogP contribution in [0, 0.1) is 13.8 Å². The molecule has 0 spiro atoms. The second-order valence-electron chi connectivity index (χ2n) is 7.22. The summed E-state index contributed by atoms with van der Waals surface area (Å²) in [5, 5.41) is 2.93. The Morgan fingerprint density at radius 2 is 1.39 bits per heavy atom. The Hall–Kier alpha value is -3.40. The van der Waals surface area contributed by atoms with Gasteiger partial charge >= 0.3 is 0 Å². The minimum absolute atomic E-state index is 0.0984. The number of anilines is 1. The van der Waals surface area contributed by atoms with Crippen LogP contribution in [-0.2, 0) is 4.79 Å². The van der Waals surface area contributed by atoms with Crippen molar-refractivity contribution in [3.63, 3.8) is 0 Å². The topological polar surface area (TPSA) is 49.4 Å². The van der Waals surface area contributed by atoms with Crippen molar-refractivity contribution in [2.45, 2.75) is 25.9 Å². The Bertz CT molecular complexity index is 995. The Labute approximate surface area is 164 Å². The molecule has 4 rings (SSSR count). The van der Waals surface area contributed by atoms with Gasteiger partial charge in [0.15, 0.2) is 0 Å². The fraction of sp³-hybridized carbons (Fsp3) is 0.167. The van der Waals surface area contributed by atoms with Gasteiger partial charge in [-0.15, -0.1) is 0 Å². The standard InChI is InChI=1S/C24H22N2O2/c1-16-8-12-18(13-9-16)22-21(25-23(27)19-6-4-3-5-7-19)24(28)26(22)20-14-10-17(2)11-15-20/h3-15,21-22H,1-2H3,(H,25,27)/t21-,22-/m1/s1. The SMILES string of the molecule is Cc1ccc([C@@H]2[C@@H](NC(=O)c3ccccc3)C(=O)N2c2ccc(C)cc2)cc1. The second kappa shape index (κ2) is 7.31. The minimum atomic E-state index is -0.586. The summed E-state index contributed by atoms with van der Waals surface area (Å²) in [6.45, 7) is 4.05. The molecule has 1 fully saturated rings. The van der Waals surface area contributed by atoms with Crippen LogP contribution >= 0.6 is 0 Å². The van der Waals surface area contributed by atoms with Gasteiger partial charge < -0.3 is 10.2 Å². The Balaban J connectivity index is 1.65. The van der Waals surface area contributed by atoms with Gasteiger partial charge in [-0.1, -0.05) is 65.7 Å². The normalized spacial score (nSPS) is 18.5. The van der Waals surface area contributed by atoms with Crippen molar-refractivity contribution < 1.29 is 9.59 Å². The third-order valence-corrected chi connectivity index (χ3v) is 5.15. The van der Waals surface area contributed by atoms with Crippen LogP contribution in [0.15, 0.2) is 78.9 Å². The molecule has 140 valence electrons. The van der Waals surface area contributed by atoms with Crippen LogP contribution in [0.2, 0.25) is 0 Å². The molecule has 0 aliphatic carbocycles. The van der Waals surface area contributed by atoms with Gasteiger partial charge in [-0.2, -0.15) is 0 Å². The lowest BCUT2D eigenvalue weighted by Crippen LogP contribution is -2.66. The van der Waals surface area contributed by atoms with Crippen LogP contribution in [0.3, 0.4) is 0 Å². The average Bonchev–Trinajstić information content (AvgIpc) is 2.72. The summed E-state index contributed by atoms with van der Waals surface area (Å²) in [7, 11) is 0. The molecule has 3 aromatic carbocycles. The monoisotopic (exact) mass is 370 g/mol. The summed E-state index contributed by atoms with van der Waals surface area (Å²) in [6, 6.07) is 24.1. The van der Waals surface area contributed by atoms with Crippen LogP contribution in [0.1, 0.15) is 33.1 Å². The number of nitrogens with one attached hydrogen (secondary N) is 1. The van der Waals surface area contributed by atoms with Gasteiger partial charge in [0.1, 0.15) is 6.04 Å². The zero-order chi connectivity index (χ0) is 19.7. The quantitative estimate of drug-likeness (QED) is 0.700. The van der Waals surface area contributed by atoms with Crippen molar-refractivity contribution in [3.05, 3.63) is 101 Å². The highest BCUT2D eigenvalue weighted by molar-refractivity contribution is 6.09. The Kier molecular flexibility index (Phi) is 4.70. The Morgan fingerprint density at radius 3 is 2.00 bits per heavy atom. The highest BCUT2D eigenvalue weighted by atomic mass is 16.2. The van der Waals surface area contributed by atoms with Crippen molar-refractivity contribution >= 4 is 17.5 Å². The van der Waals surface area contributed by atoms with Gasteiger partial charge in [-0.05, 0) is 43.7 Å². The highest BCUT2D eigenvalue weighted by Gasteiger charge is 2.49. The van der Waals surface area contributed by atoms with E-state index in [2.05, 4.69) is 5.32 Å². The molecule has 0 unspecified atom stereocenters. The number of aryl methyl sites for hydroxylation is 2. The first-order chi connectivity index (χ1) is 13.5. The van der Waals surface area contributed by atoms with Crippen molar-refractivity contribution in [2.24, 2.45) is 0 Å². The molecule has 1 N–H and O–H groups in total. The minimum Gasteiger partial charge on any atom is -0.338 e. The molecule has 1 aliphatic heterocycles. The summed E-state index contributed by atoms with van der Waals surface area (Å²) in [4.78, 5) is 27.4. The largest absolute Gasteiger partial charge is 0.338 e. The summed E-state index contributed by atoms with van der Waals surface area (Å²) in [5.41, 5.74) is 4.68. The fourth-order valence-electron chi connectivity index (χ4n) is 3.54. The number of amides is 2. The number of carbonyl (C=O) groups excluding carboxylic acids is 2. The number of hydrogen-bond acceptors (Lipinski definition) is 2. The van der Waals surface area contributed by atoms with E-state index in [0.717, 1.165) is 22.4 Å². The van der Waals surface area contributed by atoms with E-state index >= 15 is 0 Å². The lowest BCUT2D eigenvalue weighted by atomic mass is 9.87. The van der Waals surface area contributed by atoms with E-state index in [-0.39, 0.29) is 17.9 Å². The summed E-state index contributed by atoms with van der Waals surface area (Å²) in [6.07, 6.45) is 0. The van der Waals surface area contributed by atoms with E-state index in [9.17, 15) is 9.59 Å². The smallest absolute Gasteiger partial charge is 0.252 e. The van der Waals surface area contributed by atoms with Crippen LogP contribution in [0.25, 0.3) is 0 Å².